The zero-order chi connectivity index (χ0) is 20.2. The second-order valence-electron chi connectivity index (χ2n) is 6.21. The Kier molecular flexibility index (Phi) is 6.72. The topological polar surface area (TPSA) is 71.1 Å². The minimum absolute atomic E-state index is 0.0858. The fourth-order valence-corrected chi connectivity index (χ4v) is 4.10. The minimum Gasteiger partial charge on any atom is -0.365 e. The monoisotopic (exact) mass is 421 g/mol. The maximum atomic E-state index is 12.7. The number of alkyl halides is 3. The van der Waals surface area contributed by atoms with Gasteiger partial charge in [-0.25, -0.2) is 18.1 Å². The fraction of sp³-hybridized carbons (Fsp3) is 0.353. The van der Waals surface area contributed by atoms with Crippen LogP contribution in [0.25, 0.3) is 0 Å². The van der Waals surface area contributed by atoms with E-state index >= 15 is 0 Å². The number of halogens is 4. The smallest absolute Gasteiger partial charge is 0.365 e. The molecule has 0 atom stereocenters. The van der Waals surface area contributed by atoms with Crippen molar-refractivity contribution in [2.24, 2.45) is 0 Å². The summed E-state index contributed by atoms with van der Waals surface area (Å²) in [6, 6.07) is 7.43. The highest BCUT2D eigenvalue weighted by atomic mass is 35.5. The van der Waals surface area contributed by atoms with E-state index < -0.39 is 21.8 Å². The SMILES string of the molecule is CC(C)NS(=O)(=O)Cc1ccccc1CNc1ncc(C(F)(F)F)cc1Cl. The summed E-state index contributed by atoms with van der Waals surface area (Å²) in [6.45, 7) is 3.61. The Morgan fingerprint density at radius 2 is 1.81 bits per heavy atom. The molecule has 0 unspecified atom stereocenters. The van der Waals surface area contributed by atoms with Crippen molar-refractivity contribution in [2.45, 2.75) is 38.4 Å². The zero-order valence-electron chi connectivity index (χ0n) is 14.6. The fourth-order valence-electron chi connectivity index (χ4n) is 2.38. The first-order chi connectivity index (χ1) is 12.5. The van der Waals surface area contributed by atoms with Crippen LogP contribution in [0.1, 0.15) is 30.5 Å². The van der Waals surface area contributed by atoms with E-state index in [1.807, 2.05) is 0 Å². The lowest BCUT2D eigenvalue weighted by Gasteiger charge is -2.14. The molecule has 27 heavy (non-hydrogen) atoms. The third kappa shape index (κ3) is 6.37. The van der Waals surface area contributed by atoms with Gasteiger partial charge in [0.15, 0.2) is 0 Å². The van der Waals surface area contributed by atoms with Crippen LogP contribution in [0, 0.1) is 0 Å². The average Bonchev–Trinajstić information content (AvgIpc) is 2.52. The molecule has 2 rings (SSSR count). The second-order valence-corrected chi connectivity index (χ2v) is 8.37. The van der Waals surface area contributed by atoms with Gasteiger partial charge in [0.25, 0.3) is 0 Å². The predicted molar refractivity (Wildman–Crippen MR) is 98.9 cm³/mol. The maximum absolute atomic E-state index is 12.7. The number of benzene rings is 1. The van der Waals surface area contributed by atoms with E-state index in [1.54, 1.807) is 38.1 Å². The summed E-state index contributed by atoms with van der Waals surface area (Å²) >= 11 is 5.87. The molecule has 0 fully saturated rings. The maximum Gasteiger partial charge on any atom is 0.417 e. The van der Waals surface area contributed by atoms with Gasteiger partial charge < -0.3 is 5.32 Å². The van der Waals surface area contributed by atoms with Crippen molar-refractivity contribution in [1.29, 1.82) is 0 Å². The van der Waals surface area contributed by atoms with Crippen molar-refractivity contribution >= 4 is 27.4 Å². The first-order valence-electron chi connectivity index (χ1n) is 8.01. The lowest BCUT2D eigenvalue weighted by atomic mass is 10.1. The molecule has 1 aromatic carbocycles. The summed E-state index contributed by atoms with van der Waals surface area (Å²) in [4.78, 5) is 3.71. The molecule has 0 aliphatic heterocycles. The van der Waals surface area contributed by atoms with Crippen LogP contribution in [-0.2, 0) is 28.5 Å². The Morgan fingerprint density at radius 1 is 1.19 bits per heavy atom. The van der Waals surface area contributed by atoms with E-state index in [1.165, 1.54) is 0 Å². The first-order valence-corrected chi connectivity index (χ1v) is 10.0. The number of pyridine rings is 1. The normalized spacial score (nSPS) is 12.4. The first kappa shape index (κ1) is 21.5. The lowest BCUT2D eigenvalue weighted by molar-refractivity contribution is -0.137. The predicted octanol–water partition coefficient (Wildman–Crippen LogP) is 4.19. The summed E-state index contributed by atoms with van der Waals surface area (Å²) in [6.07, 6.45) is -3.84. The van der Waals surface area contributed by atoms with E-state index in [-0.39, 0.29) is 29.2 Å². The highest BCUT2D eigenvalue weighted by molar-refractivity contribution is 7.88. The Morgan fingerprint density at radius 3 is 2.37 bits per heavy atom. The molecule has 0 amide bonds. The number of anilines is 1. The van der Waals surface area contributed by atoms with Crippen LogP contribution in [0.2, 0.25) is 5.02 Å². The van der Waals surface area contributed by atoms with Crippen LogP contribution < -0.4 is 10.0 Å². The van der Waals surface area contributed by atoms with Crippen LogP contribution in [0.5, 0.6) is 0 Å². The highest BCUT2D eigenvalue weighted by Crippen LogP contribution is 2.32. The molecule has 0 spiro atoms. The van der Waals surface area contributed by atoms with Gasteiger partial charge in [-0.2, -0.15) is 13.2 Å². The standard InChI is InChI=1S/C17H19ClF3N3O2S/c1-11(2)24-27(25,26)10-13-6-4-3-5-12(13)8-22-16-15(18)7-14(9-23-16)17(19,20)21/h3-7,9,11,24H,8,10H2,1-2H3,(H,22,23). The van der Waals surface area contributed by atoms with Gasteiger partial charge in [0, 0.05) is 18.8 Å². The van der Waals surface area contributed by atoms with Gasteiger partial charge in [0.1, 0.15) is 5.82 Å². The number of hydrogen-bond donors (Lipinski definition) is 2. The molecule has 0 saturated carbocycles. The van der Waals surface area contributed by atoms with Crippen molar-refractivity contribution in [1.82, 2.24) is 9.71 Å². The average molecular weight is 422 g/mol. The Bertz CT molecular complexity index is 903. The second kappa shape index (κ2) is 8.45. The Labute approximate surface area is 161 Å². The molecule has 2 N–H and O–H groups in total. The van der Waals surface area contributed by atoms with Crippen LogP contribution >= 0.6 is 11.6 Å². The van der Waals surface area contributed by atoms with Gasteiger partial charge in [0.05, 0.1) is 16.3 Å². The number of hydrogen-bond acceptors (Lipinski definition) is 4. The summed E-state index contributed by atoms with van der Waals surface area (Å²) in [5.41, 5.74) is 0.301. The molecule has 0 bridgehead atoms. The minimum atomic E-state index is -4.53. The van der Waals surface area contributed by atoms with E-state index in [2.05, 4.69) is 15.0 Å². The number of rotatable bonds is 7. The van der Waals surface area contributed by atoms with E-state index in [4.69, 9.17) is 11.6 Å². The van der Waals surface area contributed by atoms with E-state index in [0.717, 1.165) is 6.07 Å². The Hall–Kier alpha value is -1.84. The molecule has 0 aliphatic rings. The highest BCUT2D eigenvalue weighted by Gasteiger charge is 2.31. The molecule has 1 aromatic heterocycles. The van der Waals surface area contributed by atoms with Gasteiger partial charge in [-0.1, -0.05) is 35.9 Å². The van der Waals surface area contributed by atoms with Crippen molar-refractivity contribution in [2.75, 3.05) is 5.32 Å². The molecule has 1 heterocycles. The third-order valence-corrected chi connectivity index (χ3v) is 5.30. The molecule has 2 aromatic rings. The third-order valence-electron chi connectivity index (χ3n) is 3.49. The summed E-state index contributed by atoms with van der Waals surface area (Å²) < 4.78 is 64.8. The van der Waals surface area contributed by atoms with Crippen molar-refractivity contribution < 1.29 is 21.6 Å². The van der Waals surface area contributed by atoms with Crippen molar-refractivity contribution in [3.05, 3.63) is 58.2 Å². The number of nitrogens with zero attached hydrogens (tertiary/aromatic N) is 1. The molecule has 5 nitrogen and oxygen atoms in total. The molecule has 0 saturated heterocycles. The molecule has 0 aliphatic carbocycles. The molecular formula is C17H19ClF3N3O2S. The zero-order valence-corrected chi connectivity index (χ0v) is 16.2. The van der Waals surface area contributed by atoms with Crippen LogP contribution in [-0.4, -0.2) is 19.4 Å². The van der Waals surface area contributed by atoms with Gasteiger partial charge in [-0.05, 0) is 31.0 Å². The number of nitrogens with one attached hydrogen (secondary N) is 2. The van der Waals surface area contributed by atoms with E-state index in [9.17, 15) is 21.6 Å². The van der Waals surface area contributed by atoms with Crippen molar-refractivity contribution in [3.8, 4) is 0 Å². The van der Waals surface area contributed by atoms with Crippen LogP contribution in [0.3, 0.4) is 0 Å². The molecular weight excluding hydrogens is 403 g/mol. The van der Waals surface area contributed by atoms with Crippen molar-refractivity contribution in [3.63, 3.8) is 0 Å². The van der Waals surface area contributed by atoms with Gasteiger partial charge in [-0.15, -0.1) is 0 Å². The summed E-state index contributed by atoms with van der Waals surface area (Å²) in [5.74, 6) is -0.125. The summed E-state index contributed by atoms with van der Waals surface area (Å²) in [7, 11) is -3.51. The van der Waals surface area contributed by atoms with Crippen LogP contribution in [0.15, 0.2) is 36.5 Å². The van der Waals surface area contributed by atoms with Crippen LogP contribution in [0.4, 0.5) is 19.0 Å². The van der Waals surface area contributed by atoms with Gasteiger partial charge in [0.2, 0.25) is 10.0 Å². The Balaban J connectivity index is 2.15. The quantitative estimate of drug-likeness (QED) is 0.703. The van der Waals surface area contributed by atoms with Gasteiger partial charge >= 0.3 is 6.18 Å². The number of aromatic nitrogens is 1. The summed E-state index contributed by atoms with van der Waals surface area (Å²) in [5, 5.41) is 2.68. The van der Waals surface area contributed by atoms with Gasteiger partial charge in [-0.3, -0.25) is 0 Å². The largest absolute Gasteiger partial charge is 0.417 e. The molecule has 148 valence electrons. The van der Waals surface area contributed by atoms with E-state index in [0.29, 0.717) is 17.3 Å². The number of sulfonamides is 1. The molecule has 10 heteroatoms. The lowest BCUT2D eigenvalue weighted by Crippen LogP contribution is -2.31. The molecule has 0 radical (unpaired) electrons.